The van der Waals surface area contributed by atoms with E-state index in [-0.39, 0.29) is 5.91 Å². The van der Waals surface area contributed by atoms with Crippen molar-refractivity contribution in [1.82, 2.24) is 14.7 Å². The number of hydrogen-bond donors (Lipinski definition) is 0. The van der Waals surface area contributed by atoms with Crippen molar-refractivity contribution < 1.29 is 4.79 Å². The van der Waals surface area contributed by atoms with E-state index < -0.39 is 0 Å². The summed E-state index contributed by atoms with van der Waals surface area (Å²) in [6.07, 6.45) is 7.43. The summed E-state index contributed by atoms with van der Waals surface area (Å²) in [6, 6.07) is 6.38. The first-order chi connectivity index (χ1) is 9.83. The van der Waals surface area contributed by atoms with Gasteiger partial charge in [-0.3, -0.25) is 9.48 Å². The number of hydrogen-bond acceptors (Lipinski definition) is 3. The highest BCUT2D eigenvalue weighted by atomic mass is 32.1. The number of carbonyl (C=O) groups excluding carboxylic acids is 1. The Morgan fingerprint density at radius 3 is 3.15 bits per heavy atom. The number of carbonyl (C=O) groups is 1. The molecule has 1 saturated heterocycles. The molecule has 20 heavy (non-hydrogen) atoms. The average Bonchev–Trinajstić information content (AvgIpc) is 3.19. The summed E-state index contributed by atoms with van der Waals surface area (Å²) in [5, 5.41) is 6.31. The van der Waals surface area contributed by atoms with E-state index in [0.29, 0.717) is 12.5 Å². The Morgan fingerprint density at radius 2 is 2.40 bits per heavy atom. The summed E-state index contributed by atoms with van der Waals surface area (Å²) in [6.45, 7) is 1.72. The second-order valence-corrected chi connectivity index (χ2v) is 6.22. The minimum absolute atomic E-state index is 0.285. The molecule has 3 heterocycles. The van der Waals surface area contributed by atoms with Crippen molar-refractivity contribution in [2.24, 2.45) is 0 Å². The molecule has 1 aliphatic heterocycles. The van der Waals surface area contributed by atoms with Gasteiger partial charge in [-0.2, -0.15) is 5.10 Å². The van der Waals surface area contributed by atoms with Gasteiger partial charge in [0.1, 0.15) is 0 Å². The first-order valence-electron chi connectivity index (χ1n) is 7.12. The van der Waals surface area contributed by atoms with Crippen LogP contribution in [0.25, 0.3) is 0 Å². The highest BCUT2D eigenvalue weighted by Gasteiger charge is 2.28. The van der Waals surface area contributed by atoms with Crippen LogP contribution in [0, 0.1) is 0 Å². The van der Waals surface area contributed by atoms with E-state index >= 15 is 0 Å². The summed E-state index contributed by atoms with van der Waals surface area (Å²) in [5.74, 6) is 0.285. The summed E-state index contributed by atoms with van der Waals surface area (Å²) in [7, 11) is 0. The molecule has 0 bridgehead atoms. The molecule has 5 heteroatoms. The van der Waals surface area contributed by atoms with Crippen LogP contribution in [0.2, 0.25) is 0 Å². The summed E-state index contributed by atoms with van der Waals surface area (Å²) in [4.78, 5) is 15.7. The lowest BCUT2D eigenvalue weighted by Gasteiger charge is -2.24. The van der Waals surface area contributed by atoms with E-state index in [2.05, 4.69) is 21.4 Å². The SMILES string of the molecule is O=C(CCc1cccs1)N1CCC[C@@H]1Cn1cccn1. The topological polar surface area (TPSA) is 38.1 Å². The first kappa shape index (κ1) is 13.4. The highest BCUT2D eigenvalue weighted by Crippen LogP contribution is 2.21. The maximum atomic E-state index is 12.4. The number of rotatable bonds is 5. The molecule has 0 radical (unpaired) electrons. The zero-order chi connectivity index (χ0) is 13.8. The first-order valence-corrected chi connectivity index (χ1v) is 8.00. The van der Waals surface area contributed by atoms with E-state index in [0.717, 1.165) is 32.4 Å². The van der Waals surface area contributed by atoms with Gasteiger partial charge in [-0.15, -0.1) is 11.3 Å². The van der Waals surface area contributed by atoms with Crippen molar-refractivity contribution in [3.8, 4) is 0 Å². The fraction of sp³-hybridized carbons (Fsp3) is 0.467. The molecule has 0 saturated carbocycles. The van der Waals surface area contributed by atoms with Gasteiger partial charge in [0.15, 0.2) is 0 Å². The van der Waals surface area contributed by atoms with Crippen LogP contribution in [0.15, 0.2) is 36.0 Å². The Morgan fingerprint density at radius 1 is 1.45 bits per heavy atom. The van der Waals surface area contributed by atoms with Crippen LogP contribution in [-0.4, -0.2) is 33.2 Å². The Kier molecular flexibility index (Phi) is 4.16. The number of nitrogens with zero attached hydrogens (tertiary/aromatic N) is 3. The number of thiophene rings is 1. The molecule has 3 rings (SSSR count). The Labute approximate surface area is 123 Å². The van der Waals surface area contributed by atoms with Crippen LogP contribution >= 0.6 is 11.3 Å². The van der Waals surface area contributed by atoms with Gasteiger partial charge in [0, 0.05) is 30.2 Å². The summed E-state index contributed by atoms with van der Waals surface area (Å²) < 4.78 is 1.93. The monoisotopic (exact) mass is 289 g/mol. The van der Waals surface area contributed by atoms with Crippen molar-refractivity contribution in [1.29, 1.82) is 0 Å². The molecular formula is C15H19N3OS. The zero-order valence-electron chi connectivity index (χ0n) is 11.4. The van der Waals surface area contributed by atoms with Gasteiger partial charge in [0.2, 0.25) is 5.91 Å². The van der Waals surface area contributed by atoms with Gasteiger partial charge < -0.3 is 4.90 Å². The van der Waals surface area contributed by atoms with Crippen molar-refractivity contribution >= 4 is 17.2 Å². The van der Waals surface area contributed by atoms with Crippen LogP contribution < -0.4 is 0 Å². The van der Waals surface area contributed by atoms with Crippen LogP contribution in [0.3, 0.4) is 0 Å². The third kappa shape index (κ3) is 3.10. The van der Waals surface area contributed by atoms with Gasteiger partial charge in [-0.25, -0.2) is 0 Å². The zero-order valence-corrected chi connectivity index (χ0v) is 12.3. The van der Waals surface area contributed by atoms with E-state index in [1.54, 1.807) is 17.5 Å². The van der Waals surface area contributed by atoms with Crippen LogP contribution in [0.4, 0.5) is 0 Å². The molecule has 0 N–H and O–H groups in total. The van der Waals surface area contributed by atoms with Crippen molar-refractivity contribution in [3.05, 3.63) is 40.8 Å². The van der Waals surface area contributed by atoms with E-state index in [1.165, 1.54) is 4.88 Å². The van der Waals surface area contributed by atoms with Gasteiger partial charge in [-0.1, -0.05) is 6.07 Å². The molecule has 1 atom stereocenters. The second-order valence-electron chi connectivity index (χ2n) is 5.19. The largest absolute Gasteiger partial charge is 0.338 e. The Hall–Kier alpha value is -1.62. The molecule has 106 valence electrons. The molecule has 2 aromatic heterocycles. The number of aryl methyl sites for hydroxylation is 1. The lowest BCUT2D eigenvalue weighted by atomic mass is 10.2. The van der Waals surface area contributed by atoms with Gasteiger partial charge in [0.05, 0.1) is 12.6 Å². The standard InChI is InChI=1S/C15H19N3OS/c19-15(7-6-14-5-2-11-20-14)18-10-1-4-13(18)12-17-9-3-8-16-17/h2-3,5,8-9,11,13H,1,4,6-7,10,12H2/t13-/m1/s1. The molecule has 0 spiro atoms. The predicted molar refractivity (Wildman–Crippen MR) is 79.6 cm³/mol. The molecule has 0 aromatic carbocycles. The van der Waals surface area contributed by atoms with Gasteiger partial charge >= 0.3 is 0 Å². The lowest BCUT2D eigenvalue weighted by Crippen LogP contribution is -2.38. The van der Waals surface area contributed by atoms with Crippen molar-refractivity contribution in [3.63, 3.8) is 0 Å². The van der Waals surface area contributed by atoms with Crippen LogP contribution in [-0.2, 0) is 17.8 Å². The third-order valence-corrected chi connectivity index (χ3v) is 4.76. The van der Waals surface area contributed by atoms with E-state index in [9.17, 15) is 4.79 Å². The fourth-order valence-corrected chi connectivity index (χ4v) is 3.52. The molecular weight excluding hydrogens is 270 g/mol. The fourth-order valence-electron chi connectivity index (χ4n) is 2.81. The molecule has 1 fully saturated rings. The summed E-state index contributed by atoms with van der Waals surface area (Å²) >= 11 is 1.73. The molecule has 1 amide bonds. The summed E-state index contributed by atoms with van der Waals surface area (Å²) in [5.41, 5.74) is 0. The third-order valence-electron chi connectivity index (χ3n) is 3.82. The van der Waals surface area contributed by atoms with E-state index in [4.69, 9.17) is 0 Å². The molecule has 0 unspecified atom stereocenters. The average molecular weight is 289 g/mol. The minimum atomic E-state index is 0.285. The Balaban J connectivity index is 1.55. The van der Waals surface area contributed by atoms with Gasteiger partial charge in [-0.05, 0) is 36.8 Å². The van der Waals surface area contributed by atoms with Crippen LogP contribution in [0.5, 0.6) is 0 Å². The second kappa shape index (κ2) is 6.22. The lowest BCUT2D eigenvalue weighted by molar-refractivity contribution is -0.132. The van der Waals surface area contributed by atoms with Crippen molar-refractivity contribution in [2.75, 3.05) is 6.54 Å². The quantitative estimate of drug-likeness (QED) is 0.848. The molecule has 1 aliphatic rings. The number of likely N-dealkylation sites (tertiary alicyclic amines) is 1. The van der Waals surface area contributed by atoms with Crippen molar-refractivity contribution in [2.45, 2.75) is 38.3 Å². The number of aromatic nitrogens is 2. The normalized spacial score (nSPS) is 18.6. The van der Waals surface area contributed by atoms with E-state index in [1.807, 2.05) is 23.0 Å². The minimum Gasteiger partial charge on any atom is -0.338 e. The molecule has 4 nitrogen and oxygen atoms in total. The number of amides is 1. The van der Waals surface area contributed by atoms with Gasteiger partial charge in [0.25, 0.3) is 0 Å². The molecule has 0 aliphatic carbocycles. The molecule has 2 aromatic rings. The van der Waals surface area contributed by atoms with Crippen LogP contribution in [0.1, 0.15) is 24.1 Å². The highest BCUT2D eigenvalue weighted by molar-refractivity contribution is 7.09. The maximum absolute atomic E-state index is 12.4. The predicted octanol–water partition coefficient (Wildman–Crippen LogP) is 2.57. The Bertz CT molecular complexity index is 535. The maximum Gasteiger partial charge on any atom is 0.223 e. The smallest absolute Gasteiger partial charge is 0.223 e.